The van der Waals surface area contributed by atoms with Crippen molar-refractivity contribution in [2.75, 3.05) is 19.0 Å². The molecular formula is C14H21N3O3. The van der Waals surface area contributed by atoms with Crippen LogP contribution in [0.25, 0.3) is 0 Å². The van der Waals surface area contributed by atoms with Crippen LogP contribution in [0.4, 0.5) is 5.82 Å². The van der Waals surface area contributed by atoms with Crippen LogP contribution >= 0.6 is 0 Å². The van der Waals surface area contributed by atoms with Crippen molar-refractivity contribution in [3.63, 3.8) is 0 Å². The number of aliphatic carboxylic acids is 1. The van der Waals surface area contributed by atoms with E-state index in [0.717, 1.165) is 0 Å². The van der Waals surface area contributed by atoms with Crippen molar-refractivity contribution in [1.29, 1.82) is 0 Å². The van der Waals surface area contributed by atoms with E-state index < -0.39 is 17.4 Å². The predicted octanol–water partition coefficient (Wildman–Crippen LogP) is 1.52. The second kappa shape index (κ2) is 6.36. The Morgan fingerprint density at radius 3 is 2.60 bits per heavy atom. The van der Waals surface area contributed by atoms with Crippen molar-refractivity contribution in [2.24, 2.45) is 0 Å². The van der Waals surface area contributed by atoms with Crippen molar-refractivity contribution in [3.8, 4) is 0 Å². The van der Waals surface area contributed by atoms with Gasteiger partial charge in [0.2, 0.25) is 0 Å². The Balaban J connectivity index is 2.95. The quantitative estimate of drug-likeness (QED) is 0.825. The van der Waals surface area contributed by atoms with Gasteiger partial charge in [0.05, 0.1) is 0 Å². The van der Waals surface area contributed by atoms with E-state index in [1.807, 2.05) is 21.0 Å². The van der Waals surface area contributed by atoms with E-state index in [0.29, 0.717) is 24.2 Å². The zero-order valence-electron chi connectivity index (χ0n) is 12.3. The molecule has 0 radical (unpaired) electrons. The second-order valence-corrected chi connectivity index (χ2v) is 5.14. The molecule has 0 saturated heterocycles. The molecule has 0 aliphatic heterocycles. The first kappa shape index (κ1) is 15.9. The Morgan fingerprint density at radius 2 is 2.10 bits per heavy atom. The number of hydrogen-bond donors (Lipinski definition) is 2. The average Bonchev–Trinajstić information content (AvgIpc) is 2.38. The minimum Gasteiger partial charge on any atom is -0.480 e. The first-order valence-electron chi connectivity index (χ1n) is 6.49. The number of hydrogen-bond acceptors (Lipinski definition) is 4. The van der Waals surface area contributed by atoms with Gasteiger partial charge in [0.25, 0.3) is 5.91 Å². The van der Waals surface area contributed by atoms with Crippen LogP contribution in [0.1, 0.15) is 37.0 Å². The van der Waals surface area contributed by atoms with Gasteiger partial charge in [-0.25, -0.2) is 9.78 Å². The molecular weight excluding hydrogens is 258 g/mol. The second-order valence-electron chi connectivity index (χ2n) is 5.14. The molecule has 1 amide bonds. The van der Waals surface area contributed by atoms with E-state index in [9.17, 15) is 14.7 Å². The molecule has 6 nitrogen and oxygen atoms in total. The minimum absolute atomic E-state index is 0.375. The summed E-state index contributed by atoms with van der Waals surface area (Å²) in [6.45, 7) is 3.40. The van der Waals surface area contributed by atoms with Crippen LogP contribution in [0, 0.1) is 0 Å². The van der Waals surface area contributed by atoms with Gasteiger partial charge in [-0.05, 0) is 25.5 Å². The van der Waals surface area contributed by atoms with Gasteiger partial charge in [-0.15, -0.1) is 0 Å². The SMILES string of the molecule is CCCC(C)(NC(=O)c1ccnc(N(C)C)c1)C(=O)O. The van der Waals surface area contributed by atoms with Gasteiger partial charge in [0.1, 0.15) is 11.4 Å². The molecule has 1 heterocycles. The Morgan fingerprint density at radius 1 is 1.45 bits per heavy atom. The third kappa shape index (κ3) is 3.69. The van der Waals surface area contributed by atoms with Gasteiger partial charge in [0, 0.05) is 25.9 Å². The van der Waals surface area contributed by atoms with Crippen LogP contribution < -0.4 is 10.2 Å². The molecule has 0 spiro atoms. The maximum Gasteiger partial charge on any atom is 0.329 e. The third-order valence-corrected chi connectivity index (χ3v) is 3.08. The normalized spacial score (nSPS) is 13.4. The maximum absolute atomic E-state index is 12.2. The van der Waals surface area contributed by atoms with Crippen molar-refractivity contribution >= 4 is 17.7 Å². The number of anilines is 1. The Labute approximate surface area is 118 Å². The lowest BCUT2D eigenvalue weighted by Gasteiger charge is -2.26. The van der Waals surface area contributed by atoms with E-state index in [4.69, 9.17) is 0 Å². The number of nitrogens with zero attached hydrogens (tertiary/aromatic N) is 2. The lowest BCUT2D eigenvalue weighted by molar-refractivity contribution is -0.144. The standard InChI is InChI=1S/C14H21N3O3/c1-5-7-14(2,13(19)20)16-12(18)10-6-8-15-11(9-10)17(3)4/h6,8-9H,5,7H2,1-4H3,(H,16,18)(H,19,20). The first-order chi connectivity index (χ1) is 9.30. The number of carboxylic acids is 1. The van der Waals surface area contributed by atoms with Crippen LogP contribution in [0.15, 0.2) is 18.3 Å². The monoisotopic (exact) mass is 279 g/mol. The number of nitrogens with one attached hydrogen (secondary N) is 1. The third-order valence-electron chi connectivity index (χ3n) is 3.08. The zero-order valence-corrected chi connectivity index (χ0v) is 12.3. The minimum atomic E-state index is -1.26. The fourth-order valence-corrected chi connectivity index (χ4v) is 1.85. The van der Waals surface area contributed by atoms with Crippen molar-refractivity contribution in [3.05, 3.63) is 23.9 Å². The lowest BCUT2D eigenvalue weighted by atomic mass is 9.96. The highest BCUT2D eigenvalue weighted by atomic mass is 16.4. The molecule has 0 aromatic carbocycles. The summed E-state index contributed by atoms with van der Waals surface area (Å²) in [6.07, 6.45) is 2.57. The van der Waals surface area contributed by atoms with Crippen LogP contribution in [0.5, 0.6) is 0 Å². The van der Waals surface area contributed by atoms with Crippen LogP contribution in [-0.4, -0.2) is 41.6 Å². The zero-order chi connectivity index (χ0) is 15.3. The maximum atomic E-state index is 12.2. The molecule has 1 atom stereocenters. The highest BCUT2D eigenvalue weighted by molar-refractivity contribution is 5.98. The highest BCUT2D eigenvalue weighted by Crippen LogP contribution is 2.15. The van der Waals surface area contributed by atoms with Crippen molar-refractivity contribution < 1.29 is 14.7 Å². The number of aromatic nitrogens is 1. The Bertz CT molecular complexity index is 502. The molecule has 1 rings (SSSR count). The summed E-state index contributed by atoms with van der Waals surface area (Å²) < 4.78 is 0. The van der Waals surface area contributed by atoms with Crippen molar-refractivity contribution in [1.82, 2.24) is 10.3 Å². The van der Waals surface area contributed by atoms with Gasteiger partial charge in [-0.1, -0.05) is 13.3 Å². The molecule has 2 N–H and O–H groups in total. The van der Waals surface area contributed by atoms with Crippen molar-refractivity contribution in [2.45, 2.75) is 32.2 Å². The molecule has 0 aliphatic carbocycles. The molecule has 0 aliphatic rings. The van der Waals surface area contributed by atoms with Gasteiger partial charge in [-0.3, -0.25) is 4.79 Å². The summed E-state index contributed by atoms with van der Waals surface area (Å²) in [6, 6.07) is 3.19. The van der Waals surface area contributed by atoms with Gasteiger partial charge in [-0.2, -0.15) is 0 Å². The summed E-state index contributed by atoms with van der Waals surface area (Å²) >= 11 is 0. The Kier molecular flexibility index (Phi) is 5.07. The summed E-state index contributed by atoms with van der Waals surface area (Å²) in [7, 11) is 3.64. The lowest BCUT2D eigenvalue weighted by Crippen LogP contribution is -2.52. The first-order valence-corrected chi connectivity index (χ1v) is 6.49. The summed E-state index contributed by atoms with van der Waals surface area (Å²) in [5, 5.41) is 11.9. The number of carbonyl (C=O) groups excluding carboxylic acids is 1. The number of amides is 1. The van der Waals surface area contributed by atoms with Gasteiger partial charge in [0.15, 0.2) is 0 Å². The predicted molar refractivity (Wildman–Crippen MR) is 77.0 cm³/mol. The van der Waals surface area contributed by atoms with E-state index in [1.54, 1.807) is 17.0 Å². The van der Waals surface area contributed by atoms with Gasteiger partial charge < -0.3 is 15.3 Å². The molecule has 0 fully saturated rings. The molecule has 1 unspecified atom stereocenters. The van der Waals surface area contributed by atoms with E-state index in [-0.39, 0.29) is 0 Å². The van der Waals surface area contributed by atoms with Crippen LogP contribution in [0.2, 0.25) is 0 Å². The summed E-state index contributed by atoms with van der Waals surface area (Å²) in [5.41, 5.74) is -0.861. The van der Waals surface area contributed by atoms with Crippen LogP contribution in [0.3, 0.4) is 0 Å². The van der Waals surface area contributed by atoms with E-state index in [2.05, 4.69) is 10.3 Å². The number of pyridine rings is 1. The highest BCUT2D eigenvalue weighted by Gasteiger charge is 2.34. The van der Waals surface area contributed by atoms with Gasteiger partial charge >= 0.3 is 5.97 Å². The summed E-state index contributed by atoms with van der Waals surface area (Å²) in [5.74, 6) is -0.798. The molecule has 0 bridgehead atoms. The number of carbonyl (C=O) groups is 2. The van der Waals surface area contributed by atoms with E-state index >= 15 is 0 Å². The molecule has 0 saturated carbocycles. The largest absolute Gasteiger partial charge is 0.480 e. The molecule has 1 aromatic heterocycles. The van der Waals surface area contributed by atoms with E-state index in [1.165, 1.54) is 13.1 Å². The van der Waals surface area contributed by atoms with Crippen LogP contribution in [-0.2, 0) is 4.79 Å². The number of carboxylic acid groups (broad SMARTS) is 1. The molecule has 6 heteroatoms. The topological polar surface area (TPSA) is 82.5 Å². The fraction of sp³-hybridized carbons (Fsp3) is 0.500. The molecule has 1 aromatic rings. The summed E-state index contributed by atoms with van der Waals surface area (Å²) in [4.78, 5) is 29.4. The Hall–Kier alpha value is -2.11. The molecule has 20 heavy (non-hydrogen) atoms. The smallest absolute Gasteiger partial charge is 0.329 e. The average molecular weight is 279 g/mol. The fourth-order valence-electron chi connectivity index (χ4n) is 1.85. The molecule has 110 valence electrons. The number of rotatable bonds is 6.